The fraction of sp³-hybridized carbons (Fsp3) is 0.688. The van der Waals surface area contributed by atoms with Gasteiger partial charge in [0.25, 0.3) is 0 Å². The molecule has 0 N–H and O–H groups in total. The van der Waals surface area contributed by atoms with Crippen molar-refractivity contribution in [2.24, 2.45) is 23.2 Å². The van der Waals surface area contributed by atoms with Crippen LogP contribution >= 0.6 is 0 Å². The van der Waals surface area contributed by atoms with E-state index >= 15 is 0 Å². The summed E-state index contributed by atoms with van der Waals surface area (Å²) in [5.41, 5.74) is 1.49. The van der Waals surface area contributed by atoms with Gasteiger partial charge in [-0.3, -0.25) is 4.79 Å². The third kappa shape index (κ3) is 2.31. The largest absolute Gasteiger partial charge is 0.385 e. The van der Waals surface area contributed by atoms with Gasteiger partial charge in [0, 0.05) is 19.6 Å². The smallest absolute Gasteiger partial charge is 0.159 e. The van der Waals surface area contributed by atoms with Crippen LogP contribution in [0.4, 0.5) is 0 Å². The molecule has 0 bridgehead atoms. The van der Waals surface area contributed by atoms with Gasteiger partial charge in [0.1, 0.15) is 0 Å². The SMILES string of the molecule is COCC[C@@H]1C(C)=CC[C@@H]2[C@H]1C(=O)C=CC2(C)C. The number of methoxy groups -OCH3 is 1. The Morgan fingerprint density at radius 3 is 2.83 bits per heavy atom. The maximum atomic E-state index is 12.3. The molecular formula is C16H24O2. The van der Waals surface area contributed by atoms with Gasteiger partial charge in [-0.1, -0.05) is 31.6 Å². The minimum Gasteiger partial charge on any atom is -0.385 e. The molecule has 0 aromatic heterocycles. The van der Waals surface area contributed by atoms with Crippen molar-refractivity contribution in [2.75, 3.05) is 13.7 Å². The van der Waals surface area contributed by atoms with Crippen LogP contribution in [0.25, 0.3) is 0 Å². The zero-order valence-electron chi connectivity index (χ0n) is 11.9. The lowest BCUT2D eigenvalue weighted by atomic mass is 9.58. The Morgan fingerprint density at radius 2 is 2.17 bits per heavy atom. The highest BCUT2D eigenvalue weighted by Crippen LogP contribution is 2.48. The lowest BCUT2D eigenvalue weighted by Crippen LogP contribution is -2.43. The van der Waals surface area contributed by atoms with Crippen molar-refractivity contribution in [3.63, 3.8) is 0 Å². The highest BCUT2D eigenvalue weighted by Gasteiger charge is 2.45. The molecule has 0 saturated carbocycles. The van der Waals surface area contributed by atoms with Crippen molar-refractivity contribution in [1.29, 1.82) is 0 Å². The van der Waals surface area contributed by atoms with Gasteiger partial charge in [-0.2, -0.15) is 0 Å². The number of hydrogen-bond acceptors (Lipinski definition) is 2. The van der Waals surface area contributed by atoms with E-state index in [-0.39, 0.29) is 11.3 Å². The molecule has 0 radical (unpaired) electrons. The number of carbonyl (C=O) groups excluding carboxylic acids is 1. The zero-order valence-corrected chi connectivity index (χ0v) is 11.9. The summed E-state index contributed by atoms with van der Waals surface area (Å²) in [6.07, 6.45) is 8.21. The highest BCUT2D eigenvalue weighted by molar-refractivity contribution is 5.93. The molecule has 0 saturated heterocycles. The molecule has 0 spiro atoms. The molecule has 0 aromatic carbocycles. The fourth-order valence-electron chi connectivity index (χ4n) is 3.52. The first-order valence-corrected chi connectivity index (χ1v) is 6.86. The predicted molar refractivity (Wildman–Crippen MR) is 73.3 cm³/mol. The van der Waals surface area contributed by atoms with Crippen LogP contribution in [0.3, 0.4) is 0 Å². The van der Waals surface area contributed by atoms with Crippen molar-refractivity contribution in [2.45, 2.75) is 33.6 Å². The van der Waals surface area contributed by atoms with Crippen LogP contribution in [0.1, 0.15) is 33.6 Å². The molecule has 0 amide bonds. The van der Waals surface area contributed by atoms with Gasteiger partial charge in [-0.05, 0) is 43.1 Å². The number of carbonyl (C=O) groups is 1. The van der Waals surface area contributed by atoms with E-state index in [0.29, 0.717) is 17.6 Å². The van der Waals surface area contributed by atoms with Crippen LogP contribution in [0, 0.1) is 23.2 Å². The van der Waals surface area contributed by atoms with Gasteiger partial charge in [0.05, 0.1) is 0 Å². The predicted octanol–water partition coefficient (Wildman–Crippen LogP) is 3.39. The molecule has 2 rings (SSSR count). The van der Waals surface area contributed by atoms with E-state index in [4.69, 9.17) is 4.74 Å². The van der Waals surface area contributed by atoms with Crippen LogP contribution < -0.4 is 0 Å². The minimum absolute atomic E-state index is 0.126. The lowest BCUT2D eigenvalue weighted by Gasteiger charge is -2.45. The van der Waals surface area contributed by atoms with Crippen molar-refractivity contribution < 1.29 is 9.53 Å². The Hall–Kier alpha value is -0.890. The summed E-state index contributed by atoms with van der Waals surface area (Å²) < 4.78 is 5.20. The third-order valence-corrected chi connectivity index (χ3v) is 4.74. The molecule has 2 aliphatic carbocycles. The van der Waals surface area contributed by atoms with E-state index in [2.05, 4.69) is 32.9 Å². The second-order valence-corrected chi connectivity index (χ2v) is 6.26. The minimum atomic E-state index is 0.126. The van der Waals surface area contributed by atoms with Crippen LogP contribution in [0.2, 0.25) is 0 Å². The highest BCUT2D eigenvalue weighted by atomic mass is 16.5. The first kappa shape index (κ1) is 13.5. The molecule has 0 aromatic rings. The van der Waals surface area contributed by atoms with E-state index in [1.165, 1.54) is 5.57 Å². The molecular weight excluding hydrogens is 224 g/mol. The number of hydrogen-bond donors (Lipinski definition) is 0. The Balaban J connectivity index is 2.30. The summed E-state index contributed by atoms with van der Waals surface area (Å²) in [6.45, 7) is 7.39. The van der Waals surface area contributed by atoms with Gasteiger partial charge in [0.2, 0.25) is 0 Å². The number of ether oxygens (including phenoxy) is 1. The second kappa shape index (κ2) is 5.00. The fourth-order valence-corrected chi connectivity index (χ4v) is 3.52. The van der Waals surface area contributed by atoms with E-state index in [0.717, 1.165) is 19.4 Å². The average Bonchev–Trinajstić information content (AvgIpc) is 2.32. The maximum Gasteiger partial charge on any atom is 0.159 e. The first-order valence-electron chi connectivity index (χ1n) is 6.86. The number of ketones is 1. The summed E-state index contributed by atoms with van der Waals surface area (Å²) in [5.74, 6) is 1.28. The van der Waals surface area contributed by atoms with Gasteiger partial charge < -0.3 is 4.74 Å². The molecule has 3 atom stereocenters. The number of rotatable bonds is 3. The molecule has 0 unspecified atom stereocenters. The van der Waals surface area contributed by atoms with Crippen LogP contribution in [-0.4, -0.2) is 19.5 Å². The molecule has 0 aliphatic heterocycles. The molecule has 100 valence electrons. The third-order valence-electron chi connectivity index (χ3n) is 4.74. The van der Waals surface area contributed by atoms with E-state index in [1.54, 1.807) is 13.2 Å². The topological polar surface area (TPSA) is 26.3 Å². The van der Waals surface area contributed by atoms with Crippen molar-refractivity contribution in [3.8, 4) is 0 Å². The summed E-state index contributed by atoms with van der Waals surface area (Å²) in [7, 11) is 1.73. The summed E-state index contributed by atoms with van der Waals surface area (Å²) in [4.78, 5) is 12.3. The Kier molecular flexibility index (Phi) is 3.76. The Bertz CT molecular complexity index is 390. The average molecular weight is 248 g/mol. The number of fused-ring (bicyclic) bond motifs is 1. The normalized spacial score (nSPS) is 34.1. The lowest BCUT2D eigenvalue weighted by molar-refractivity contribution is -0.124. The van der Waals surface area contributed by atoms with Crippen molar-refractivity contribution in [1.82, 2.24) is 0 Å². The Morgan fingerprint density at radius 1 is 1.44 bits per heavy atom. The molecule has 0 heterocycles. The van der Waals surface area contributed by atoms with E-state index < -0.39 is 0 Å². The van der Waals surface area contributed by atoms with Crippen LogP contribution in [0.5, 0.6) is 0 Å². The van der Waals surface area contributed by atoms with Crippen molar-refractivity contribution in [3.05, 3.63) is 23.8 Å². The monoisotopic (exact) mass is 248 g/mol. The summed E-state index contributed by atoms with van der Waals surface area (Å²) in [6, 6.07) is 0. The van der Waals surface area contributed by atoms with Gasteiger partial charge >= 0.3 is 0 Å². The van der Waals surface area contributed by atoms with Gasteiger partial charge in [-0.15, -0.1) is 0 Å². The maximum absolute atomic E-state index is 12.3. The quantitative estimate of drug-likeness (QED) is 0.716. The molecule has 0 fully saturated rings. The van der Waals surface area contributed by atoms with Crippen LogP contribution in [-0.2, 0) is 9.53 Å². The van der Waals surface area contributed by atoms with Crippen molar-refractivity contribution >= 4 is 5.78 Å². The van der Waals surface area contributed by atoms with Crippen LogP contribution in [0.15, 0.2) is 23.8 Å². The standard InChI is InChI=1S/C16H24O2/c1-11-5-6-13-15(12(11)8-10-18-4)14(17)7-9-16(13,2)3/h5,7,9,12-13,15H,6,8,10H2,1-4H3/t12-,13-,15+/m1/s1. The second-order valence-electron chi connectivity index (χ2n) is 6.26. The van der Waals surface area contributed by atoms with Gasteiger partial charge in [-0.25, -0.2) is 0 Å². The number of allylic oxidation sites excluding steroid dienone is 4. The summed E-state index contributed by atoms with van der Waals surface area (Å²) >= 11 is 0. The Labute approximate surface area is 110 Å². The molecule has 2 aliphatic rings. The molecule has 2 nitrogen and oxygen atoms in total. The molecule has 2 heteroatoms. The van der Waals surface area contributed by atoms with E-state index in [1.807, 2.05) is 0 Å². The zero-order chi connectivity index (χ0) is 13.3. The van der Waals surface area contributed by atoms with E-state index in [9.17, 15) is 4.79 Å². The molecule has 18 heavy (non-hydrogen) atoms. The van der Waals surface area contributed by atoms with Gasteiger partial charge in [0.15, 0.2) is 5.78 Å². The summed E-state index contributed by atoms with van der Waals surface area (Å²) in [5, 5.41) is 0. The first-order chi connectivity index (χ1) is 8.47.